The lowest BCUT2D eigenvalue weighted by atomic mass is 9.92. The second kappa shape index (κ2) is 7.88. The largest absolute Gasteiger partial charge is 0.379 e. The van der Waals surface area contributed by atoms with Crippen molar-refractivity contribution in [2.24, 2.45) is 5.41 Å². The first-order valence-electron chi connectivity index (χ1n) is 8.19. The molecule has 1 fully saturated rings. The molecule has 1 saturated heterocycles. The Kier molecular flexibility index (Phi) is 6.13. The van der Waals surface area contributed by atoms with Gasteiger partial charge in [-0.3, -0.25) is 9.69 Å². The van der Waals surface area contributed by atoms with Crippen molar-refractivity contribution < 1.29 is 13.9 Å². The number of rotatable bonds is 5. The Balaban J connectivity index is 2.06. The standard InChI is InChI=1S/C18H27FN2O2/c1-18(2,3)12-17(22)20-13-16(21-7-9-23-10-8-21)14-5-4-6-15(19)11-14/h4-6,11,16H,7-10,12-13H2,1-3H3,(H,20,22)/t16-/m1/s1. The van der Waals surface area contributed by atoms with Crippen LogP contribution in [0.2, 0.25) is 0 Å². The van der Waals surface area contributed by atoms with Gasteiger partial charge in [-0.15, -0.1) is 0 Å². The van der Waals surface area contributed by atoms with Gasteiger partial charge in [0.2, 0.25) is 5.91 Å². The van der Waals surface area contributed by atoms with Crippen LogP contribution in [0, 0.1) is 11.2 Å². The number of carbonyl (C=O) groups is 1. The zero-order valence-electron chi connectivity index (χ0n) is 14.3. The molecule has 2 rings (SSSR count). The highest BCUT2D eigenvalue weighted by molar-refractivity contribution is 5.76. The summed E-state index contributed by atoms with van der Waals surface area (Å²) >= 11 is 0. The molecule has 128 valence electrons. The third kappa shape index (κ3) is 5.92. The van der Waals surface area contributed by atoms with E-state index >= 15 is 0 Å². The number of amides is 1. The van der Waals surface area contributed by atoms with Crippen LogP contribution in [0.1, 0.15) is 38.8 Å². The monoisotopic (exact) mass is 322 g/mol. The van der Waals surface area contributed by atoms with E-state index in [0.717, 1.165) is 18.7 Å². The minimum Gasteiger partial charge on any atom is -0.379 e. The molecule has 1 aliphatic heterocycles. The van der Waals surface area contributed by atoms with Gasteiger partial charge in [-0.1, -0.05) is 32.9 Å². The van der Waals surface area contributed by atoms with Crippen LogP contribution in [0.4, 0.5) is 4.39 Å². The van der Waals surface area contributed by atoms with Gasteiger partial charge in [-0.2, -0.15) is 0 Å². The van der Waals surface area contributed by atoms with Gasteiger partial charge in [0.25, 0.3) is 0 Å². The average Bonchev–Trinajstić information content (AvgIpc) is 2.47. The molecule has 0 saturated carbocycles. The van der Waals surface area contributed by atoms with E-state index in [9.17, 15) is 9.18 Å². The van der Waals surface area contributed by atoms with E-state index in [4.69, 9.17) is 4.74 Å². The van der Waals surface area contributed by atoms with Gasteiger partial charge < -0.3 is 10.1 Å². The highest BCUT2D eigenvalue weighted by atomic mass is 19.1. The van der Waals surface area contributed by atoms with Gasteiger partial charge >= 0.3 is 0 Å². The minimum absolute atomic E-state index is 0.0291. The van der Waals surface area contributed by atoms with Crippen LogP contribution >= 0.6 is 0 Å². The maximum Gasteiger partial charge on any atom is 0.220 e. The Hall–Kier alpha value is -1.46. The van der Waals surface area contributed by atoms with Crippen molar-refractivity contribution in [1.29, 1.82) is 0 Å². The minimum atomic E-state index is -0.248. The van der Waals surface area contributed by atoms with Gasteiger partial charge in [-0.05, 0) is 23.1 Å². The molecular weight excluding hydrogens is 295 g/mol. The van der Waals surface area contributed by atoms with Gasteiger partial charge in [0.1, 0.15) is 5.82 Å². The van der Waals surface area contributed by atoms with E-state index in [1.54, 1.807) is 12.1 Å². The predicted octanol–water partition coefficient (Wildman–Crippen LogP) is 2.75. The Morgan fingerprint density at radius 2 is 2.04 bits per heavy atom. The highest BCUT2D eigenvalue weighted by Crippen LogP contribution is 2.23. The molecule has 23 heavy (non-hydrogen) atoms. The first-order chi connectivity index (χ1) is 10.8. The zero-order chi connectivity index (χ0) is 16.9. The van der Waals surface area contributed by atoms with Crippen molar-refractivity contribution >= 4 is 5.91 Å². The topological polar surface area (TPSA) is 41.6 Å². The number of ether oxygens (including phenoxy) is 1. The molecular formula is C18H27FN2O2. The Morgan fingerprint density at radius 3 is 2.65 bits per heavy atom. The van der Waals surface area contributed by atoms with Gasteiger partial charge in [0, 0.05) is 26.1 Å². The van der Waals surface area contributed by atoms with Gasteiger partial charge in [0.05, 0.1) is 19.3 Å². The Morgan fingerprint density at radius 1 is 1.35 bits per heavy atom. The Bertz CT molecular complexity index is 522. The zero-order valence-corrected chi connectivity index (χ0v) is 14.3. The normalized spacial score (nSPS) is 17.7. The van der Waals surface area contributed by atoms with Crippen LogP contribution in [-0.4, -0.2) is 43.7 Å². The number of hydrogen-bond acceptors (Lipinski definition) is 3. The lowest BCUT2D eigenvalue weighted by molar-refractivity contribution is -0.123. The summed E-state index contributed by atoms with van der Waals surface area (Å²) in [6.07, 6.45) is 0.478. The second-order valence-electron chi connectivity index (χ2n) is 7.26. The first-order valence-corrected chi connectivity index (χ1v) is 8.19. The summed E-state index contributed by atoms with van der Waals surface area (Å²) in [4.78, 5) is 14.4. The summed E-state index contributed by atoms with van der Waals surface area (Å²) in [6, 6.07) is 6.60. The van der Waals surface area contributed by atoms with Gasteiger partial charge in [-0.25, -0.2) is 4.39 Å². The summed E-state index contributed by atoms with van der Waals surface area (Å²) in [5, 5.41) is 3.01. The maximum absolute atomic E-state index is 13.6. The fourth-order valence-electron chi connectivity index (χ4n) is 2.82. The number of halogens is 1. The van der Waals surface area contributed by atoms with E-state index in [0.29, 0.717) is 26.2 Å². The lowest BCUT2D eigenvalue weighted by Crippen LogP contribution is -2.44. The molecule has 1 aromatic carbocycles. The first kappa shape index (κ1) is 17.9. The fourth-order valence-corrected chi connectivity index (χ4v) is 2.82. The molecule has 1 N–H and O–H groups in total. The molecule has 0 aromatic heterocycles. The molecule has 1 atom stereocenters. The SMILES string of the molecule is CC(C)(C)CC(=O)NC[C@H](c1cccc(F)c1)N1CCOCC1. The molecule has 1 heterocycles. The van der Waals surface area contributed by atoms with Crippen LogP contribution < -0.4 is 5.32 Å². The summed E-state index contributed by atoms with van der Waals surface area (Å²) in [5.41, 5.74) is 0.847. The number of nitrogens with zero attached hydrogens (tertiary/aromatic N) is 1. The Labute approximate surface area is 138 Å². The molecule has 0 aliphatic carbocycles. The number of hydrogen-bond donors (Lipinski definition) is 1. The van der Waals surface area contributed by atoms with Crippen molar-refractivity contribution in [3.63, 3.8) is 0 Å². The molecule has 0 bridgehead atoms. The van der Waals surface area contributed by atoms with E-state index < -0.39 is 0 Å². The highest BCUT2D eigenvalue weighted by Gasteiger charge is 2.24. The summed E-state index contributed by atoms with van der Waals surface area (Å²) in [6.45, 7) is 9.52. The van der Waals surface area contributed by atoms with Crippen molar-refractivity contribution in [3.8, 4) is 0 Å². The second-order valence-corrected chi connectivity index (χ2v) is 7.26. The van der Waals surface area contributed by atoms with Crippen LogP contribution in [0.5, 0.6) is 0 Å². The fraction of sp³-hybridized carbons (Fsp3) is 0.611. The quantitative estimate of drug-likeness (QED) is 0.906. The van der Waals surface area contributed by atoms with Crippen molar-refractivity contribution in [3.05, 3.63) is 35.6 Å². The van der Waals surface area contributed by atoms with Crippen molar-refractivity contribution in [2.45, 2.75) is 33.2 Å². The van der Waals surface area contributed by atoms with Crippen LogP contribution in [0.3, 0.4) is 0 Å². The third-order valence-electron chi connectivity index (χ3n) is 3.90. The van der Waals surface area contributed by atoms with E-state index in [2.05, 4.69) is 10.2 Å². The molecule has 0 unspecified atom stereocenters. The number of morpholine rings is 1. The summed E-state index contributed by atoms with van der Waals surface area (Å²) in [7, 11) is 0. The summed E-state index contributed by atoms with van der Waals surface area (Å²) < 4.78 is 19.0. The number of nitrogens with one attached hydrogen (secondary N) is 1. The predicted molar refractivity (Wildman–Crippen MR) is 88.6 cm³/mol. The third-order valence-corrected chi connectivity index (χ3v) is 3.90. The average molecular weight is 322 g/mol. The number of benzene rings is 1. The molecule has 1 amide bonds. The molecule has 1 aromatic rings. The van der Waals surface area contributed by atoms with E-state index in [1.165, 1.54) is 6.07 Å². The summed E-state index contributed by atoms with van der Waals surface area (Å²) in [5.74, 6) is -0.214. The van der Waals surface area contributed by atoms with Crippen LogP contribution in [0.25, 0.3) is 0 Å². The van der Waals surface area contributed by atoms with Crippen LogP contribution in [-0.2, 0) is 9.53 Å². The van der Waals surface area contributed by atoms with E-state index in [-0.39, 0.29) is 23.2 Å². The van der Waals surface area contributed by atoms with Gasteiger partial charge in [0.15, 0.2) is 0 Å². The molecule has 4 nitrogen and oxygen atoms in total. The molecule has 0 radical (unpaired) electrons. The van der Waals surface area contributed by atoms with Crippen LogP contribution in [0.15, 0.2) is 24.3 Å². The molecule has 1 aliphatic rings. The molecule has 5 heteroatoms. The van der Waals surface area contributed by atoms with Crippen molar-refractivity contribution in [2.75, 3.05) is 32.8 Å². The van der Waals surface area contributed by atoms with E-state index in [1.807, 2.05) is 26.8 Å². The number of carbonyl (C=O) groups excluding carboxylic acids is 1. The van der Waals surface area contributed by atoms with Crippen molar-refractivity contribution in [1.82, 2.24) is 10.2 Å². The smallest absolute Gasteiger partial charge is 0.220 e. The lowest BCUT2D eigenvalue weighted by Gasteiger charge is -2.35. The molecule has 0 spiro atoms. The maximum atomic E-state index is 13.6.